The molecule has 1 N–H and O–H groups in total. The van der Waals surface area contributed by atoms with E-state index in [-0.39, 0.29) is 10.6 Å². The van der Waals surface area contributed by atoms with Gasteiger partial charge in [-0.2, -0.15) is 0 Å². The minimum atomic E-state index is -3.61. The molecule has 1 aromatic carbocycles. The largest absolute Gasteiger partial charge is 0.292 e. The van der Waals surface area contributed by atoms with Gasteiger partial charge in [-0.15, -0.1) is 5.10 Å². The summed E-state index contributed by atoms with van der Waals surface area (Å²) in [5.41, 5.74) is 1.04. The molecule has 3 rings (SSSR count). The number of likely N-dealkylation sites (tertiary alicyclic amines) is 1. The first kappa shape index (κ1) is 17.1. The number of aromatic nitrogens is 3. The lowest BCUT2D eigenvalue weighted by Gasteiger charge is -2.35. The summed E-state index contributed by atoms with van der Waals surface area (Å²) in [5.74, 6) is 0. The number of hydrogen-bond acceptors (Lipinski definition) is 5. The predicted molar refractivity (Wildman–Crippen MR) is 90.7 cm³/mol. The highest BCUT2D eigenvalue weighted by Crippen LogP contribution is 2.30. The molecule has 1 fully saturated rings. The van der Waals surface area contributed by atoms with Crippen LogP contribution >= 0.6 is 0 Å². The number of nitrogens with zero attached hydrogens (tertiary/aromatic N) is 4. The van der Waals surface area contributed by atoms with Crippen LogP contribution in [0.2, 0.25) is 0 Å². The van der Waals surface area contributed by atoms with E-state index in [1.165, 1.54) is 16.4 Å². The molecular formula is C16H23N5O2S. The van der Waals surface area contributed by atoms with Crippen LogP contribution in [0.1, 0.15) is 25.3 Å². The molecule has 1 atom stereocenters. The van der Waals surface area contributed by atoms with Gasteiger partial charge in [0.25, 0.3) is 10.0 Å². The predicted octanol–water partition coefficient (Wildman–Crippen LogP) is 1.15. The fourth-order valence-electron chi connectivity index (χ4n) is 3.20. The van der Waals surface area contributed by atoms with Gasteiger partial charge in [0.15, 0.2) is 5.03 Å². The van der Waals surface area contributed by atoms with Gasteiger partial charge in [-0.25, -0.2) is 17.8 Å². The van der Waals surface area contributed by atoms with Crippen LogP contribution in [-0.2, 0) is 23.6 Å². The third-order valence-electron chi connectivity index (χ3n) is 4.71. The Morgan fingerprint density at radius 1 is 1.29 bits per heavy atom. The zero-order valence-corrected chi connectivity index (χ0v) is 14.8. The van der Waals surface area contributed by atoms with Crippen LogP contribution in [0.5, 0.6) is 0 Å². The van der Waals surface area contributed by atoms with Crippen LogP contribution in [0, 0.1) is 0 Å². The maximum atomic E-state index is 12.4. The highest BCUT2D eigenvalue weighted by molar-refractivity contribution is 7.89. The molecule has 7 nitrogen and oxygen atoms in total. The highest BCUT2D eigenvalue weighted by atomic mass is 32.2. The molecule has 0 saturated carbocycles. The molecule has 8 heteroatoms. The Hall–Kier alpha value is -1.77. The average molecular weight is 349 g/mol. The summed E-state index contributed by atoms with van der Waals surface area (Å²) in [5, 5.41) is 7.41. The fourth-order valence-corrected chi connectivity index (χ4v) is 4.42. The maximum absolute atomic E-state index is 12.4. The molecule has 0 radical (unpaired) electrons. The van der Waals surface area contributed by atoms with E-state index in [0.717, 1.165) is 25.9 Å². The molecule has 1 aromatic heterocycles. The standard InChI is InChI=1S/C16H23N5O2S/c1-16(13-18-24(22,23)15-11-17-19-20(15)2)9-6-10-21(16)12-14-7-4-3-5-8-14/h3-5,7-8,11,18H,6,9-10,12-13H2,1-2H3/t16-/m1/s1. The van der Waals surface area contributed by atoms with Crippen LogP contribution in [0.25, 0.3) is 0 Å². The van der Waals surface area contributed by atoms with Gasteiger partial charge in [0.1, 0.15) is 0 Å². The van der Waals surface area contributed by atoms with Crippen molar-refractivity contribution in [2.45, 2.75) is 36.9 Å². The number of rotatable bonds is 6. The van der Waals surface area contributed by atoms with Crippen LogP contribution in [0.15, 0.2) is 41.6 Å². The van der Waals surface area contributed by atoms with E-state index >= 15 is 0 Å². The minimum Gasteiger partial charge on any atom is -0.292 e. The van der Waals surface area contributed by atoms with Crippen molar-refractivity contribution in [3.8, 4) is 0 Å². The lowest BCUT2D eigenvalue weighted by atomic mass is 9.99. The number of benzene rings is 1. The van der Waals surface area contributed by atoms with Gasteiger partial charge in [-0.1, -0.05) is 35.5 Å². The van der Waals surface area contributed by atoms with Gasteiger partial charge in [0.05, 0.1) is 6.20 Å². The van der Waals surface area contributed by atoms with Crippen LogP contribution < -0.4 is 4.72 Å². The lowest BCUT2D eigenvalue weighted by molar-refractivity contribution is 0.151. The van der Waals surface area contributed by atoms with Gasteiger partial charge in [0.2, 0.25) is 0 Å². The van der Waals surface area contributed by atoms with Crippen LogP contribution in [0.4, 0.5) is 0 Å². The quantitative estimate of drug-likeness (QED) is 0.846. The second-order valence-corrected chi connectivity index (χ2v) is 8.24. The summed E-state index contributed by atoms with van der Waals surface area (Å²) >= 11 is 0. The minimum absolute atomic E-state index is 0.0821. The van der Waals surface area contributed by atoms with E-state index < -0.39 is 10.0 Å². The molecule has 0 spiro atoms. The van der Waals surface area contributed by atoms with E-state index in [2.05, 4.69) is 39.0 Å². The maximum Gasteiger partial charge on any atom is 0.259 e. The first-order chi connectivity index (χ1) is 11.4. The normalized spacial score (nSPS) is 22.1. The zero-order valence-electron chi connectivity index (χ0n) is 14.0. The highest BCUT2D eigenvalue weighted by Gasteiger charge is 2.37. The van der Waals surface area contributed by atoms with Gasteiger partial charge in [-0.05, 0) is 31.9 Å². The van der Waals surface area contributed by atoms with Crippen molar-refractivity contribution in [2.24, 2.45) is 7.05 Å². The molecule has 24 heavy (non-hydrogen) atoms. The summed E-state index contributed by atoms with van der Waals surface area (Å²) < 4.78 is 28.9. The topological polar surface area (TPSA) is 80.1 Å². The second-order valence-electron chi connectivity index (χ2n) is 6.53. The van der Waals surface area contributed by atoms with E-state index in [1.54, 1.807) is 7.05 Å². The van der Waals surface area contributed by atoms with Crippen molar-refractivity contribution in [3.05, 3.63) is 42.1 Å². The molecule has 0 aliphatic carbocycles. The molecule has 1 aliphatic rings. The third-order valence-corrected chi connectivity index (χ3v) is 6.16. The number of nitrogens with one attached hydrogen (secondary N) is 1. The Balaban J connectivity index is 1.70. The summed E-state index contributed by atoms with van der Waals surface area (Å²) in [6.07, 6.45) is 3.30. The van der Waals surface area contributed by atoms with Crippen molar-refractivity contribution in [1.82, 2.24) is 24.6 Å². The summed E-state index contributed by atoms with van der Waals surface area (Å²) in [6.45, 7) is 4.28. The lowest BCUT2D eigenvalue weighted by Crippen LogP contribution is -2.49. The second kappa shape index (κ2) is 6.62. The molecule has 0 amide bonds. The first-order valence-electron chi connectivity index (χ1n) is 8.04. The van der Waals surface area contributed by atoms with Crippen molar-refractivity contribution in [2.75, 3.05) is 13.1 Å². The molecule has 1 saturated heterocycles. The number of sulfonamides is 1. The zero-order chi connectivity index (χ0) is 17.2. The van der Waals surface area contributed by atoms with Gasteiger partial charge in [0, 0.05) is 25.7 Å². The van der Waals surface area contributed by atoms with Crippen LogP contribution in [0.3, 0.4) is 0 Å². The number of hydrogen-bond donors (Lipinski definition) is 1. The number of aryl methyl sites for hydroxylation is 1. The molecule has 2 aromatic rings. The van der Waals surface area contributed by atoms with Crippen molar-refractivity contribution in [1.29, 1.82) is 0 Å². The van der Waals surface area contributed by atoms with E-state index in [0.29, 0.717) is 6.54 Å². The van der Waals surface area contributed by atoms with Crippen molar-refractivity contribution in [3.63, 3.8) is 0 Å². The first-order valence-corrected chi connectivity index (χ1v) is 9.52. The Bertz CT molecular complexity index is 790. The van der Waals surface area contributed by atoms with Crippen LogP contribution in [-0.4, -0.2) is 46.9 Å². The molecular weight excluding hydrogens is 326 g/mol. The summed E-state index contributed by atoms with van der Waals surface area (Å²) in [4.78, 5) is 2.35. The smallest absolute Gasteiger partial charge is 0.259 e. The Morgan fingerprint density at radius 2 is 2.04 bits per heavy atom. The summed E-state index contributed by atoms with van der Waals surface area (Å²) in [7, 11) is -2.04. The van der Waals surface area contributed by atoms with Crippen molar-refractivity contribution < 1.29 is 8.42 Å². The van der Waals surface area contributed by atoms with Crippen molar-refractivity contribution >= 4 is 10.0 Å². The van der Waals surface area contributed by atoms with E-state index in [9.17, 15) is 8.42 Å². The summed E-state index contributed by atoms with van der Waals surface area (Å²) in [6, 6.07) is 10.3. The Kier molecular flexibility index (Phi) is 4.71. The van der Waals surface area contributed by atoms with Gasteiger partial charge >= 0.3 is 0 Å². The molecule has 1 aliphatic heterocycles. The van der Waals surface area contributed by atoms with Gasteiger partial charge < -0.3 is 0 Å². The van der Waals surface area contributed by atoms with E-state index in [4.69, 9.17) is 0 Å². The molecule has 0 bridgehead atoms. The third kappa shape index (κ3) is 3.50. The fraction of sp³-hybridized carbons (Fsp3) is 0.500. The molecule has 2 heterocycles. The molecule has 130 valence electrons. The van der Waals surface area contributed by atoms with E-state index in [1.807, 2.05) is 18.2 Å². The SMILES string of the molecule is Cn1nncc1S(=O)(=O)NC[C@@]1(C)CCCN1Cc1ccccc1. The average Bonchev–Trinajstić information content (AvgIpc) is 3.14. The Labute approximate surface area is 142 Å². The van der Waals surface area contributed by atoms with Gasteiger partial charge in [-0.3, -0.25) is 4.90 Å². The monoisotopic (exact) mass is 349 g/mol. The molecule has 0 unspecified atom stereocenters. The Morgan fingerprint density at radius 3 is 2.71 bits per heavy atom.